The van der Waals surface area contributed by atoms with E-state index in [1.54, 1.807) is 42.6 Å². The minimum atomic E-state index is -1.48. The van der Waals surface area contributed by atoms with E-state index in [0.29, 0.717) is 113 Å². The average molecular weight is 1000 g/mol. The number of carboxylic acids is 1. The number of hydrogen-bond acceptors (Lipinski definition) is 15. The predicted molar refractivity (Wildman–Crippen MR) is 262 cm³/mol. The quantitative estimate of drug-likeness (QED) is 0.130. The number of nitrogens with zero attached hydrogens (tertiary/aromatic N) is 7. The molecule has 2 fully saturated rings. The lowest BCUT2D eigenvalue weighted by molar-refractivity contribution is -0.145. The number of benzene rings is 3. The van der Waals surface area contributed by atoms with Gasteiger partial charge in [0.2, 0.25) is 17.9 Å². The van der Waals surface area contributed by atoms with Crippen molar-refractivity contribution in [1.82, 2.24) is 29.7 Å². The molecule has 15 nitrogen and oxygen atoms in total. The summed E-state index contributed by atoms with van der Waals surface area (Å²) in [5.74, 6) is 0.120. The van der Waals surface area contributed by atoms with Crippen molar-refractivity contribution in [2.75, 3.05) is 71.5 Å². The summed E-state index contributed by atoms with van der Waals surface area (Å²) in [6, 6.07) is 13.2. The third kappa shape index (κ3) is 10.7. The predicted octanol–water partition coefficient (Wildman–Crippen LogP) is 8.70. The zero-order valence-electron chi connectivity index (χ0n) is 38.7. The van der Waals surface area contributed by atoms with Crippen LogP contribution in [0.5, 0.6) is 23.1 Å². The number of carbonyl (C=O) groups excluding carboxylic acids is 1. The summed E-state index contributed by atoms with van der Waals surface area (Å²) in [4.78, 5) is 51.7. The van der Waals surface area contributed by atoms with Crippen molar-refractivity contribution in [3.63, 3.8) is 0 Å². The van der Waals surface area contributed by atoms with Crippen LogP contribution in [0.25, 0.3) is 31.8 Å². The molecule has 2 atom stereocenters. The SMILES string of the molecule is COC(=O)CC1CCN(c2nccc(COc3ccc4cc3C[C@H](C(=O)O)Oc3ncnc5sc(-c6ccc(F)cc6)c(c35)-c3c(C)c(Cl)c(c(Cl)c3C)O[C@H](CN3CCN(C)CC3)CO4)n2)CC1. The molecule has 0 amide bonds. The van der Waals surface area contributed by atoms with Gasteiger partial charge in [-0.25, -0.2) is 29.1 Å². The first-order valence-corrected chi connectivity index (χ1v) is 24.4. The number of carboxylic acid groups (broad SMARTS) is 1. The summed E-state index contributed by atoms with van der Waals surface area (Å²) in [6.07, 6.45) is 2.85. The summed E-state index contributed by atoms with van der Waals surface area (Å²) in [7, 11) is 3.51. The molecule has 19 heteroatoms. The number of aromatic nitrogens is 4. The highest BCUT2D eigenvalue weighted by molar-refractivity contribution is 7.22. The number of piperazine rings is 1. The second kappa shape index (κ2) is 21.0. The summed E-state index contributed by atoms with van der Waals surface area (Å²) in [5, 5.41) is 11.9. The lowest BCUT2D eigenvalue weighted by Gasteiger charge is -2.35. The van der Waals surface area contributed by atoms with Gasteiger partial charge in [0, 0.05) is 80.9 Å². The number of esters is 1. The van der Waals surface area contributed by atoms with Gasteiger partial charge >= 0.3 is 11.9 Å². The van der Waals surface area contributed by atoms with Gasteiger partial charge in [0.15, 0.2) is 5.75 Å². The van der Waals surface area contributed by atoms with Gasteiger partial charge in [0.25, 0.3) is 0 Å². The Morgan fingerprint density at radius 1 is 0.928 bits per heavy atom. The van der Waals surface area contributed by atoms with E-state index in [2.05, 4.69) is 36.7 Å². The first-order chi connectivity index (χ1) is 33.3. The number of anilines is 1. The standard InChI is InChI=1S/C50H52Cl2FN7O8S/c1-28-40-29(2)44(52)45(43(28)51)67-36(24-59-19-17-58(3)18-20-59)26-65-35-9-10-37(66-25-34-11-14-54-50(57-34)60-15-12-30(13-16-60)21-39(61)64-4)32(22-35)23-38(49(62)63)68-47-42-41(40)46(69-48(42)56-27-55-47)31-5-7-33(53)8-6-31/h5-11,14,22,27,30,36,38H,12-13,15-21,23-26H2,1-4H3,(H,62,63)/t36-,38-/m1/s1. The minimum absolute atomic E-state index is 0.0210. The van der Waals surface area contributed by atoms with Gasteiger partial charge in [0.05, 0.1) is 28.2 Å². The Hall–Kier alpha value is -5.85. The molecular formula is C50H52Cl2FN7O8S. The van der Waals surface area contributed by atoms with Crippen LogP contribution < -0.4 is 23.8 Å². The Labute approximate surface area is 413 Å². The van der Waals surface area contributed by atoms with Gasteiger partial charge in [-0.2, -0.15) is 0 Å². The Balaban J connectivity index is 1.10. The van der Waals surface area contributed by atoms with E-state index >= 15 is 0 Å². The van der Waals surface area contributed by atoms with E-state index in [4.69, 9.17) is 51.9 Å². The molecule has 4 aliphatic heterocycles. The van der Waals surface area contributed by atoms with Crippen molar-refractivity contribution in [3.8, 4) is 44.7 Å². The molecule has 0 unspecified atom stereocenters. The molecule has 4 bridgehead atoms. The zero-order valence-corrected chi connectivity index (χ0v) is 41.0. The van der Waals surface area contributed by atoms with Gasteiger partial charge in [0.1, 0.15) is 47.8 Å². The minimum Gasteiger partial charge on any atom is -0.490 e. The lowest BCUT2D eigenvalue weighted by atomic mass is 9.92. The highest BCUT2D eigenvalue weighted by Crippen LogP contribution is 2.53. The molecule has 4 aliphatic rings. The maximum atomic E-state index is 14.4. The number of hydrogen-bond donors (Lipinski definition) is 1. The van der Waals surface area contributed by atoms with Crippen LogP contribution in [0.15, 0.2) is 61.1 Å². The highest BCUT2D eigenvalue weighted by atomic mass is 35.5. The smallest absolute Gasteiger partial charge is 0.345 e. The van der Waals surface area contributed by atoms with Crippen molar-refractivity contribution in [2.45, 2.75) is 58.3 Å². The molecule has 0 radical (unpaired) electrons. The third-order valence-corrected chi connectivity index (χ3v) is 15.1. The van der Waals surface area contributed by atoms with E-state index in [1.807, 2.05) is 13.8 Å². The molecule has 0 spiro atoms. The first kappa shape index (κ1) is 48.2. The summed E-state index contributed by atoms with van der Waals surface area (Å²) in [5.41, 5.74) is 4.35. The maximum absolute atomic E-state index is 14.4. The summed E-state index contributed by atoms with van der Waals surface area (Å²) < 4.78 is 45.6. The van der Waals surface area contributed by atoms with Crippen molar-refractivity contribution < 1.29 is 42.8 Å². The second-order valence-corrected chi connectivity index (χ2v) is 19.4. The van der Waals surface area contributed by atoms with Gasteiger partial charge in [-0.3, -0.25) is 9.69 Å². The van der Waals surface area contributed by atoms with Crippen LogP contribution in [0.4, 0.5) is 10.3 Å². The molecule has 3 aromatic carbocycles. The van der Waals surface area contributed by atoms with Crippen molar-refractivity contribution in [1.29, 1.82) is 0 Å². The fourth-order valence-electron chi connectivity index (χ4n) is 9.14. The molecular weight excluding hydrogens is 949 g/mol. The average Bonchev–Trinajstić information content (AvgIpc) is 3.74. The van der Waals surface area contributed by atoms with Crippen molar-refractivity contribution in [2.24, 2.45) is 5.92 Å². The number of halogens is 3. The first-order valence-electron chi connectivity index (χ1n) is 22.8. The van der Waals surface area contributed by atoms with Crippen molar-refractivity contribution >= 4 is 62.6 Å². The Kier molecular flexibility index (Phi) is 14.7. The molecule has 3 aromatic heterocycles. The molecule has 2 saturated heterocycles. The number of piperidine rings is 1. The van der Waals surface area contributed by atoms with Gasteiger partial charge < -0.3 is 38.6 Å². The molecule has 6 aromatic rings. The monoisotopic (exact) mass is 999 g/mol. The Morgan fingerprint density at radius 3 is 2.38 bits per heavy atom. The molecule has 69 heavy (non-hydrogen) atoms. The number of rotatable bonds is 10. The van der Waals surface area contributed by atoms with Crippen LogP contribution in [0.1, 0.15) is 41.6 Å². The number of fused-ring (bicyclic) bond motifs is 7. The number of methoxy groups -OCH3 is 1. The topological polar surface area (TPSA) is 162 Å². The van der Waals surface area contributed by atoms with Crippen LogP contribution in [-0.4, -0.2) is 126 Å². The van der Waals surface area contributed by atoms with E-state index in [1.165, 1.54) is 36.9 Å². The summed E-state index contributed by atoms with van der Waals surface area (Å²) >= 11 is 16.0. The number of likely N-dealkylation sites (N-methyl/N-ethyl adjacent to an activating group) is 1. The largest absolute Gasteiger partial charge is 0.490 e. The van der Waals surface area contributed by atoms with E-state index in [0.717, 1.165) is 39.0 Å². The van der Waals surface area contributed by atoms with Crippen LogP contribution in [-0.2, 0) is 27.4 Å². The van der Waals surface area contributed by atoms with Gasteiger partial charge in [-0.1, -0.05) is 35.3 Å². The molecule has 10 rings (SSSR count). The Bertz CT molecular complexity index is 2830. The van der Waals surface area contributed by atoms with Crippen LogP contribution in [0.2, 0.25) is 10.0 Å². The number of carbonyl (C=O) groups is 2. The van der Waals surface area contributed by atoms with E-state index in [9.17, 15) is 19.1 Å². The lowest BCUT2D eigenvalue weighted by Crippen LogP contribution is -2.49. The number of thiophene rings is 1. The molecule has 0 aliphatic carbocycles. The molecule has 1 N–H and O–H groups in total. The van der Waals surface area contributed by atoms with Crippen LogP contribution >= 0.6 is 34.5 Å². The molecule has 7 heterocycles. The molecule has 362 valence electrons. The normalized spacial score (nSPS) is 18.3. The van der Waals surface area contributed by atoms with Crippen LogP contribution in [0, 0.1) is 25.6 Å². The third-order valence-electron chi connectivity index (χ3n) is 13.0. The van der Waals surface area contributed by atoms with E-state index in [-0.39, 0.29) is 37.4 Å². The Morgan fingerprint density at radius 2 is 1.67 bits per heavy atom. The van der Waals surface area contributed by atoms with Gasteiger partial charge in [-0.05, 0) is 98.3 Å². The summed E-state index contributed by atoms with van der Waals surface area (Å²) in [6.45, 7) is 9.25. The fraction of sp³-hybridized carbons (Fsp3) is 0.400. The van der Waals surface area contributed by atoms with Gasteiger partial charge in [-0.15, -0.1) is 11.3 Å². The molecule has 0 saturated carbocycles. The highest BCUT2D eigenvalue weighted by Gasteiger charge is 2.32. The van der Waals surface area contributed by atoms with E-state index < -0.39 is 24.0 Å². The van der Waals surface area contributed by atoms with Crippen molar-refractivity contribution in [3.05, 3.63) is 99.3 Å². The maximum Gasteiger partial charge on any atom is 0.345 e. The second-order valence-electron chi connectivity index (χ2n) is 17.7. The number of aliphatic carboxylic acids is 1. The zero-order chi connectivity index (χ0) is 48.3. The van der Waals surface area contributed by atoms with Crippen LogP contribution in [0.3, 0.4) is 0 Å². The fourth-order valence-corrected chi connectivity index (χ4v) is 10.8. The number of ether oxygens (including phenoxy) is 5.